The van der Waals surface area contributed by atoms with Gasteiger partial charge in [-0.3, -0.25) is 10.1 Å². The molecule has 6 nitrogen and oxygen atoms in total. The van der Waals surface area contributed by atoms with E-state index in [4.69, 9.17) is 13.9 Å². The van der Waals surface area contributed by atoms with Gasteiger partial charge >= 0.3 is 0 Å². The van der Waals surface area contributed by atoms with E-state index in [9.17, 15) is 4.79 Å². The lowest BCUT2D eigenvalue weighted by molar-refractivity contribution is 0.102. The van der Waals surface area contributed by atoms with Gasteiger partial charge in [0.1, 0.15) is 23.0 Å². The second-order valence-corrected chi connectivity index (χ2v) is 6.28. The van der Waals surface area contributed by atoms with Gasteiger partial charge in [-0.15, -0.1) is 11.3 Å². The number of hydrogen-bond donors (Lipinski definition) is 1. The second-order valence-electron chi connectivity index (χ2n) is 5.42. The van der Waals surface area contributed by atoms with Crippen molar-refractivity contribution in [2.24, 2.45) is 0 Å². The number of rotatable bonds is 5. The molecule has 0 unspecified atom stereocenters. The van der Waals surface area contributed by atoms with Crippen LogP contribution in [0.25, 0.3) is 11.3 Å². The molecule has 0 radical (unpaired) electrons. The van der Waals surface area contributed by atoms with Crippen LogP contribution in [0.15, 0.2) is 34.1 Å². The molecular weight excluding hydrogens is 340 g/mol. The van der Waals surface area contributed by atoms with Crippen LogP contribution in [0.5, 0.6) is 11.5 Å². The van der Waals surface area contributed by atoms with Crippen LogP contribution in [-0.4, -0.2) is 25.1 Å². The molecule has 0 aliphatic heterocycles. The standard InChI is InChI=1S/C18H18N2O4S/c1-10-5-15(11(2)24-10)16-9-25-18(19-16)20-17(21)12-6-13(22-3)8-14(7-12)23-4/h5-9H,1-4H3,(H,19,20,21). The Morgan fingerprint density at radius 2 is 1.80 bits per heavy atom. The summed E-state index contributed by atoms with van der Waals surface area (Å²) >= 11 is 1.36. The molecule has 0 aliphatic rings. The van der Waals surface area contributed by atoms with Gasteiger partial charge in [-0.25, -0.2) is 4.98 Å². The van der Waals surface area contributed by atoms with E-state index < -0.39 is 0 Å². The predicted octanol–water partition coefficient (Wildman–Crippen LogP) is 4.29. The molecule has 0 atom stereocenters. The van der Waals surface area contributed by atoms with Gasteiger partial charge in [0.15, 0.2) is 5.13 Å². The number of hydrogen-bond acceptors (Lipinski definition) is 6. The first kappa shape index (κ1) is 17.0. The molecule has 1 aromatic carbocycles. The van der Waals surface area contributed by atoms with E-state index in [1.54, 1.807) is 32.4 Å². The number of aromatic nitrogens is 1. The van der Waals surface area contributed by atoms with Crippen molar-refractivity contribution in [1.29, 1.82) is 0 Å². The highest BCUT2D eigenvalue weighted by atomic mass is 32.1. The van der Waals surface area contributed by atoms with E-state index in [0.29, 0.717) is 22.2 Å². The smallest absolute Gasteiger partial charge is 0.257 e. The summed E-state index contributed by atoms with van der Waals surface area (Å²) in [6.07, 6.45) is 0. The quantitative estimate of drug-likeness (QED) is 0.736. The van der Waals surface area contributed by atoms with Crippen molar-refractivity contribution < 1.29 is 18.7 Å². The zero-order valence-electron chi connectivity index (χ0n) is 14.4. The maximum atomic E-state index is 12.5. The summed E-state index contributed by atoms with van der Waals surface area (Å²) in [5, 5.41) is 5.21. The van der Waals surface area contributed by atoms with Crippen LogP contribution in [-0.2, 0) is 0 Å². The van der Waals surface area contributed by atoms with Crippen LogP contribution >= 0.6 is 11.3 Å². The summed E-state index contributed by atoms with van der Waals surface area (Å²) < 4.78 is 15.9. The highest BCUT2D eigenvalue weighted by Gasteiger charge is 2.15. The minimum atomic E-state index is -0.279. The molecule has 2 heterocycles. The number of amides is 1. The van der Waals surface area contributed by atoms with Crippen LogP contribution in [0, 0.1) is 13.8 Å². The molecule has 0 aliphatic carbocycles. The average Bonchev–Trinajstić information content (AvgIpc) is 3.19. The van der Waals surface area contributed by atoms with Gasteiger partial charge in [-0.05, 0) is 32.0 Å². The van der Waals surface area contributed by atoms with Crippen molar-refractivity contribution in [3.05, 3.63) is 46.7 Å². The first-order valence-corrected chi connectivity index (χ1v) is 8.45. The second kappa shape index (κ2) is 6.98. The van der Waals surface area contributed by atoms with Crippen LogP contribution < -0.4 is 14.8 Å². The third-order valence-corrected chi connectivity index (χ3v) is 4.41. The molecule has 3 aromatic rings. The van der Waals surface area contributed by atoms with Crippen LogP contribution in [0.3, 0.4) is 0 Å². The number of anilines is 1. The molecule has 25 heavy (non-hydrogen) atoms. The SMILES string of the molecule is COc1cc(OC)cc(C(=O)Nc2nc(-c3cc(C)oc3C)cs2)c1. The van der Waals surface area contributed by atoms with Gasteiger partial charge in [0.2, 0.25) is 0 Å². The van der Waals surface area contributed by atoms with Crippen LogP contribution in [0.4, 0.5) is 5.13 Å². The lowest BCUT2D eigenvalue weighted by Crippen LogP contribution is -2.12. The van der Waals surface area contributed by atoms with Crippen molar-refractivity contribution in [2.45, 2.75) is 13.8 Å². The highest BCUT2D eigenvalue weighted by molar-refractivity contribution is 7.14. The van der Waals surface area contributed by atoms with Crippen molar-refractivity contribution in [3.8, 4) is 22.8 Å². The molecular formula is C18H18N2O4S. The third kappa shape index (κ3) is 3.66. The predicted molar refractivity (Wildman–Crippen MR) is 96.8 cm³/mol. The maximum absolute atomic E-state index is 12.5. The zero-order valence-corrected chi connectivity index (χ0v) is 15.2. The number of nitrogens with zero attached hydrogens (tertiary/aromatic N) is 1. The Kier molecular flexibility index (Phi) is 4.76. The number of carbonyl (C=O) groups excluding carboxylic acids is 1. The van der Waals surface area contributed by atoms with Crippen molar-refractivity contribution in [3.63, 3.8) is 0 Å². The first-order chi connectivity index (χ1) is 12.0. The summed E-state index contributed by atoms with van der Waals surface area (Å²) in [5.74, 6) is 2.45. The molecule has 7 heteroatoms. The maximum Gasteiger partial charge on any atom is 0.257 e. The Balaban J connectivity index is 1.81. The molecule has 130 valence electrons. The fourth-order valence-electron chi connectivity index (χ4n) is 2.45. The van der Waals surface area contributed by atoms with E-state index >= 15 is 0 Å². The monoisotopic (exact) mass is 358 g/mol. The van der Waals surface area contributed by atoms with E-state index in [0.717, 1.165) is 22.8 Å². The van der Waals surface area contributed by atoms with Gasteiger partial charge in [0.25, 0.3) is 5.91 Å². The average molecular weight is 358 g/mol. The number of benzene rings is 1. The number of thiazole rings is 1. The molecule has 3 rings (SSSR count). The molecule has 2 aromatic heterocycles. The number of methoxy groups -OCH3 is 2. The highest BCUT2D eigenvalue weighted by Crippen LogP contribution is 2.30. The van der Waals surface area contributed by atoms with E-state index in [-0.39, 0.29) is 5.91 Å². The van der Waals surface area contributed by atoms with Crippen molar-refractivity contribution in [1.82, 2.24) is 4.98 Å². The number of furan rings is 1. The lowest BCUT2D eigenvalue weighted by Gasteiger charge is -2.08. The van der Waals surface area contributed by atoms with Crippen LogP contribution in [0.2, 0.25) is 0 Å². The fraction of sp³-hybridized carbons (Fsp3) is 0.222. The Hall–Kier alpha value is -2.80. The Morgan fingerprint density at radius 1 is 1.12 bits per heavy atom. The van der Waals surface area contributed by atoms with Crippen molar-refractivity contribution in [2.75, 3.05) is 19.5 Å². The van der Waals surface area contributed by atoms with Gasteiger partial charge in [0.05, 0.1) is 19.9 Å². The summed E-state index contributed by atoms with van der Waals surface area (Å²) in [6.45, 7) is 3.78. The largest absolute Gasteiger partial charge is 0.497 e. The van der Waals surface area contributed by atoms with Gasteiger partial charge in [0, 0.05) is 22.6 Å². The first-order valence-electron chi connectivity index (χ1n) is 7.57. The van der Waals surface area contributed by atoms with Gasteiger partial charge < -0.3 is 13.9 Å². The van der Waals surface area contributed by atoms with E-state index in [1.165, 1.54) is 11.3 Å². The molecule has 0 fully saturated rings. The number of carbonyl (C=O) groups is 1. The molecule has 0 saturated heterocycles. The normalized spacial score (nSPS) is 10.6. The third-order valence-electron chi connectivity index (χ3n) is 3.66. The molecule has 0 spiro atoms. The number of nitrogens with one attached hydrogen (secondary N) is 1. The Bertz CT molecular complexity index is 891. The fourth-order valence-corrected chi connectivity index (χ4v) is 3.15. The summed E-state index contributed by atoms with van der Waals surface area (Å²) in [7, 11) is 3.08. The van der Waals surface area contributed by atoms with E-state index in [1.807, 2.05) is 25.3 Å². The van der Waals surface area contributed by atoms with E-state index in [2.05, 4.69) is 10.3 Å². The molecule has 0 bridgehead atoms. The number of aryl methyl sites for hydroxylation is 2. The van der Waals surface area contributed by atoms with Gasteiger partial charge in [-0.2, -0.15) is 0 Å². The van der Waals surface area contributed by atoms with Gasteiger partial charge in [-0.1, -0.05) is 0 Å². The summed E-state index contributed by atoms with van der Waals surface area (Å²) in [5.41, 5.74) is 2.14. The minimum Gasteiger partial charge on any atom is -0.497 e. The molecule has 0 saturated carbocycles. The van der Waals surface area contributed by atoms with Crippen LogP contribution in [0.1, 0.15) is 21.9 Å². The summed E-state index contributed by atoms with van der Waals surface area (Å²) in [4.78, 5) is 17.0. The molecule has 1 N–H and O–H groups in total. The Labute approximate surface area is 149 Å². The molecule has 1 amide bonds. The van der Waals surface area contributed by atoms with Crippen molar-refractivity contribution >= 4 is 22.4 Å². The number of ether oxygens (including phenoxy) is 2. The topological polar surface area (TPSA) is 73.6 Å². The summed E-state index contributed by atoms with van der Waals surface area (Å²) in [6, 6.07) is 6.94. The minimum absolute atomic E-state index is 0.279. The Morgan fingerprint density at radius 3 is 2.36 bits per heavy atom. The lowest BCUT2D eigenvalue weighted by atomic mass is 10.2. The zero-order chi connectivity index (χ0) is 18.0.